The molecular weight excluding hydrogens is 515 g/mol. The molecule has 1 aliphatic heterocycles. The van der Waals surface area contributed by atoms with E-state index in [-0.39, 0.29) is 6.17 Å². The van der Waals surface area contributed by atoms with E-state index in [1.807, 2.05) is 6.07 Å². The molecule has 0 radical (unpaired) electrons. The Balaban J connectivity index is 1.94. The molecule has 0 saturated carbocycles. The number of aromatic nitrogens is 1. The fraction of sp³-hybridized carbons (Fsp3) is 0.533. The van der Waals surface area contributed by atoms with Crippen LogP contribution in [-0.4, -0.2) is 53.0 Å². The fourth-order valence-electron chi connectivity index (χ4n) is 2.94. The number of nitrogens with one attached hydrogen (secondary N) is 1. The molecule has 25 heavy (non-hydrogen) atoms. The molecule has 2 aromatic rings. The van der Waals surface area contributed by atoms with Gasteiger partial charge < -0.3 is 5.21 Å². The van der Waals surface area contributed by atoms with E-state index in [4.69, 9.17) is 23.2 Å². The standard InChI is InChI=1S/C15H18Br2Cl2N4OS/c16-4-1-6-20-12-8-22(7-5-17)9-23(12,24)15-21-14-11(25-15)3-2-10(18)13(14)19/h2-3,12,20H,1,4-9H2. The summed E-state index contributed by atoms with van der Waals surface area (Å²) in [5, 5.41) is 20.3. The number of alkyl halides is 2. The predicted octanol–water partition coefficient (Wildman–Crippen LogP) is 4.78. The number of thiazole rings is 1. The topological polar surface area (TPSA) is 51.2 Å². The maximum atomic E-state index is 13.8. The van der Waals surface area contributed by atoms with E-state index in [9.17, 15) is 5.21 Å². The molecular formula is C15H18Br2Cl2N4OS. The first-order valence-corrected chi connectivity index (χ1v) is 11.7. The average Bonchev–Trinajstić information content (AvgIpc) is 3.15. The van der Waals surface area contributed by atoms with Crippen molar-refractivity contribution in [3.05, 3.63) is 27.4 Å². The van der Waals surface area contributed by atoms with Crippen LogP contribution in [0.5, 0.6) is 0 Å². The Labute approximate surface area is 177 Å². The Morgan fingerprint density at radius 3 is 2.88 bits per heavy atom. The van der Waals surface area contributed by atoms with Crippen molar-refractivity contribution in [3.63, 3.8) is 0 Å². The average molecular weight is 533 g/mol. The Kier molecular flexibility index (Phi) is 7.01. The van der Waals surface area contributed by atoms with Gasteiger partial charge in [-0.05, 0) is 18.6 Å². The molecule has 0 bridgehead atoms. The summed E-state index contributed by atoms with van der Waals surface area (Å²) < 4.78 is 0.388. The smallest absolute Gasteiger partial charge is 0.289 e. The van der Waals surface area contributed by atoms with Crippen LogP contribution in [0, 0.1) is 5.21 Å². The van der Waals surface area contributed by atoms with Crippen LogP contribution in [0.25, 0.3) is 10.2 Å². The van der Waals surface area contributed by atoms with Crippen molar-refractivity contribution in [3.8, 4) is 0 Å². The molecule has 2 heterocycles. The number of benzene rings is 1. The van der Waals surface area contributed by atoms with Gasteiger partial charge >= 0.3 is 0 Å². The zero-order chi connectivity index (χ0) is 18.0. The van der Waals surface area contributed by atoms with Gasteiger partial charge in [0, 0.05) is 23.7 Å². The molecule has 138 valence electrons. The normalized spacial score (nSPS) is 24.4. The van der Waals surface area contributed by atoms with Crippen molar-refractivity contribution >= 4 is 81.7 Å². The van der Waals surface area contributed by atoms with E-state index in [0.29, 0.717) is 33.9 Å². The van der Waals surface area contributed by atoms with Crippen molar-refractivity contribution in [2.75, 3.05) is 37.0 Å². The van der Waals surface area contributed by atoms with E-state index in [0.717, 1.165) is 34.9 Å². The molecule has 0 amide bonds. The zero-order valence-electron chi connectivity index (χ0n) is 13.4. The lowest BCUT2D eigenvalue weighted by molar-refractivity contribution is 0.279. The second-order valence-corrected chi connectivity index (χ2v) is 9.30. The SMILES string of the molecule is [O-][N+]1(c2nc3c(Cl)c(Cl)ccc3s2)CN(CCBr)CC1NCCCBr. The number of hydrogen-bond acceptors (Lipinski definition) is 5. The van der Waals surface area contributed by atoms with Gasteiger partial charge in [-0.3, -0.25) is 9.96 Å². The van der Waals surface area contributed by atoms with Crippen LogP contribution in [0.2, 0.25) is 10.0 Å². The maximum Gasteiger partial charge on any atom is 0.289 e. The van der Waals surface area contributed by atoms with Gasteiger partial charge in [-0.15, -0.1) is 0 Å². The molecule has 3 rings (SSSR count). The molecule has 2 unspecified atom stereocenters. The first kappa shape index (κ1) is 20.2. The highest BCUT2D eigenvalue weighted by atomic mass is 79.9. The van der Waals surface area contributed by atoms with Crippen LogP contribution >= 0.6 is 66.4 Å². The molecule has 0 spiro atoms. The van der Waals surface area contributed by atoms with E-state index in [2.05, 4.69) is 47.1 Å². The first-order chi connectivity index (χ1) is 12.0. The van der Waals surface area contributed by atoms with Gasteiger partial charge in [-0.25, -0.2) is 4.90 Å². The van der Waals surface area contributed by atoms with Crippen LogP contribution in [0.3, 0.4) is 0 Å². The van der Waals surface area contributed by atoms with Gasteiger partial charge in [0.05, 0.1) is 21.3 Å². The van der Waals surface area contributed by atoms with Gasteiger partial charge in [0.25, 0.3) is 5.13 Å². The summed E-state index contributed by atoms with van der Waals surface area (Å²) in [5.41, 5.74) is 0.612. The summed E-state index contributed by atoms with van der Waals surface area (Å²) >= 11 is 20.6. The van der Waals surface area contributed by atoms with E-state index < -0.39 is 4.65 Å². The number of nitrogens with zero attached hydrogens (tertiary/aromatic N) is 3. The van der Waals surface area contributed by atoms with Crippen molar-refractivity contribution in [1.29, 1.82) is 0 Å². The van der Waals surface area contributed by atoms with Gasteiger partial charge in [0.2, 0.25) is 0 Å². The van der Waals surface area contributed by atoms with Crippen molar-refractivity contribution < 1.29 is 0 Å². The molecule has 1 fully saturated rings. The molecule has 1 aromatic carbocycles. The van der Waals surface area contributed by atoms with Crippen LogP contribution in [-0.2, 0) is 0 Å². The maximum absolute atomic E-state index is 13.8. The molecule has 2 atom stereocenters. The van der Waals surface area contributed by atoms with E-state index in [1.165, 1.54) is 11.3 Å². The van der Waals surface area contributed by atoms with Crippen molar-refractivity contribution in [1.82, 2.24) is 19.8 Å². The minimum atomic E-state index is -0.497. The van der Waals surface area contributed by atoms with E-state index >= 15 is 0 Å². The number of rotatable bonds is 7. The molecule has 0 aliphatic carbocycles. The summed E-state index contributed by atoms with van der Waals surface area (Å²) in [6, 6.07) is 3.62. The number of fused-ring (bicyclic) bond motifs is 1. The molecule has 1 aromatic heterocycles. The number of hydrogen-bond donors (Lipinski definition) is 1. The highest BCUT2D eigenvalue weighted by molar-refractivity contribution is 9.09. The molecule has 1 saturated heterocycles. The third-order valence-electron chi connectivity index (χ3n) is 4.20. The number of hydroxylamine groups is 2. The molecule has 1 aliphatic rings. The summed E-state index contributed by atoms with van der Waals surface area (Å²) in [4.78, 5) is 6.74. The minimum absolute atomic E-state index is 0.243. The van der Waals surface area contributed by atoms with Gasteiger partial charge in [0.1, 0.15) is 12.2 Å². The van der Waals surface area contributed by atoms with Crippen LogP contribution in [0.4, 0.5) is 5.13 Å². The summed E-state index contributed by atoms with van der Waals surface area (Å²) in [6.07, 6.45) is 0.726. The Hall–Kier alpha value is 0.490. The lowest BCUT2D eigenvalue weighted by Gasteiger charge is -2.40. The van der Waals surface area contributed by atoms with Crippen molar-refractivity contribution in [2.24, 2.45) is 0 Å². The van der Waals surface area contributed by atoms with Crippen LogP contribution in [0.15, 0.2) is 12.1 Å². The van der Waals surface area contributed by atoms with E-state index in [1.54, 1.807) is 6.07 Å². The van der Waals surface area contributed by atoms with Gasteiger partial charge in [0.15, 0.2) is 6.17 Å². The summed E-state index contributed by atoms with van der Waals surface area (Å²) in [7, 11) is 0. The van der Waals surface area contributed by atoms with Gasteiger partial charge in [-0.1, -0.05) is 66.4 Å². The number of quaternary nitrogens is 1. The zero-order valence-corrected chi connectivity index (χ0v) is 18.9. The quantitative estimate of drug-likeness (QED) is 0.241. The summed E-state index contributed by atoms with van der Waals surface area (Å²) in [6.45, 7) is 2.69. The Morgan fingerprint density at radius 1 is 1.36 bits per heavy atom. The van der Waals surface area contributed by atoms with Crippen LogP contribution in [0.1, 0.15) is 6.42 Å². The Bertz CT molecular complexity index is 750. The molecule has 10 heteroatoms. The summed E-state index contributed by atoms with van der Waals surface area (Å²) in [5.74, 6) is 0. The van der Waals surface area contributed by atoms with Crippen molar-refractivity contribution in [2.45, 2.75) is 12.6 Å². The van der Waals surface area contributed by atoms with Crippen LogP contribution < -0.4 is 9.96 Å². The highest BCUT2D eigenvalue weighted by Gasteiger charge is 2.43. The predicted molar refractivity (Wildman–Crippen MR) is 115 cm³/mol. The minimum Gasteiger partial charge on any atom is -0.623 e. The molecule has 1 N–H and O–H groups in total. The van der Waals surface area contributed by atoms with Gasteiger partial charge in [-0.2, -0.15) is 4.98 Å². The third-order valence-corrected chi connectivity index (χ3v) is 7.04. The lowest BCUT2D eigenvalue weighted by Crippen LogP contribution is -2.56. The second kappa shape index (κ2) is 8.67. The second-order valence-electron chi connectivity index (χ2n) is 5.92. The molecule has 5 nitrogen and oxygen atoms in total. The lowest BCUT2D eigenvalue weighted by atomic mass is 10.3. The largest absolute Gasteiger partial charge is 0.623 e. The number of halogens is 4. The third kappa shape index (κ3) is 4.17. The monoisotopic (exact) mass is 530 g/mol. The fourth-order valence-corrected chi connectivity index (χ4v) is 5.19. The first-order valence-electron chi connectivity index (χ1n) is 7.91. The highest BCUT2D eigenvalue weighted by Crippen LogP contribution is 2.40. The Morgan fingerprint density at radius 2 is 2.16 bits per heavy atom.